The SMILES string of the molecule is C[SiH](CN)CCCc1ccc(F)cc1F. The first-order valence-electron chi connectivity index (χ1n) is 5.27. The smallest absolute Gasteiger partial charge is 0.129 e. The fourth-order valence-electron chi connectivity index (χ4n) is 1.48. The van der Waals surface area contributed by atoms with Crippen LogP contribution in [-0.4, -0.2) is 15.0 Å². The summed E-state index contributed by atoms with van der Waals surface area (Å²) in [6.07, 6.45) is 2.43. The van der Waals surface area contributed by atoms with Gasteiger partial charge in [-0.1, -0.05) is 25.1 Å². The molecule has 84 valence electrons. The number of nitrogens with two attached hydrogens (primary N) is 1. The second kappa shape index (κ2) is 5.98. The second-order valence-corrected chi connectivity index (χ2v) is 7.23. The maximum Gasteiger partial charge on any atom is 0.129 e. The van der Waals surface area contributed by atoms with Gasteiger partial charge in [-0.3, -0.25) is 0 Å². The molecule has 0 saturated heterocycles. The maximum atomic E-state index is 13.2. The van der Waals surface area contributed by atoms with Gasteiger partial charge in [-0.25, -0.2) is 8.78 Å². The Bertz CT molecular complexity index is 317. The van der Waals surface area contributed by atoms with Crippen LogP contribution in [0, 0.1) is 11.6 Å². The lowest BCUT2D eigenvalue weighted by Crippen LogP contribution is -2.20. The van der Waals surface area contributed by atoms with Crippen LogP contribution in [0.5, 0.6) is 0 Å². The molecule has 0 aliphatic heterocycles. The molecule has 2 N–H and O–H groups in total. The molecule has 0 aliphatic rings. The molecule has 1 unspecified atom stereocenters. The fraction of sp³-hybridized carbons (Fsp3) is 0.455. The molecule has 0 aliphatic carbocycles. The Morgan fingerprint density at radius 1 is 1.33 bits per heavy atom. The van der Waals surface area contributed by atoms with E-state index in [1.54, 1.807) is 0 Å². The minimum Gasteiger partial charge on any atom is -0.333 e. The van der Waals surface area contributed by atoms with Gasteiger partial charge in [0, 0.05) is 14.9 Å². The van der Waals surface area contributed by atoms with Crippen molar-refractivity contribution in [2.45, 2.75) is 25.4 Å². The van der Waals surface area contributed by atoms with Crippen molar-refractivity contribution < 1.29 is 8.78 Å². The van der Waals surface area contributed by atoms with E-state index in [-0.39, 0.29) is 0 Å². The molecule has 0 bridgehead atoms. The highest BCUT2D eigenvalue weighted by Gasteiger charge is 2.05. The second-order valence-electron chi connectivity index (χ2n) is 3.97. The molecule has 0 spiro atoms. The van der Waals surface area contributed by atoms with Crippen molar-refractivity contribution in [3.63, 3.8) is 0 Å². The van der Waals surface area contributed by atoms with Crippen LogP contribution in [0.1, 0.15) is 12.0 Å². The minimum atomic E-state index is -0.767. The number of hydrogen-bond acceptors (Lipinski definition) is 1. The van der Waals surface area contributed by atoms with E-state index >= 15 is 0 Å². The molecule has 0 fully saturated rings. The van der Waals surface area contributed by atoms with Crippen molar-refractivity contribution in [1.82, 2.24) is 0 Å². The van der Waals surface area contributed by atoms with E-state index in [1.807, 2.05) is 0 Å². The normalized spacial score (nSPS) is 12.8. The third kappa shape index (κ3) is 4.09. The molecule has 0 aromatic heterocycles. The first-order chi connectivity index (χ1) is 7.13. The van der Waals surface area contributed by atoms with E-state index in [0.717, 1.165) is 24.7 Å². The number of rotatable bonds is 5. The maximum absolute atomic E-state index is 13.2. The van der Waals surface area contributed by atoms with Gasteiger partial charge in [-0.2, -0.15) is 0 Å². The zero-order valence-electron chi connectivity index (χ0n) is 8.97. The molecule has 1 aromatic carbocycles. The van der Waals surface area contributed by atoms with Crippen LogP contribution in [0.4, 0.5) is 8.78 Å². The molecule has 1 aromatic rings. The Morgan fingerprint density at radius 3 is 2.67 bits per heavy atom. The molecular weight excluding hydrogens is 212 g/mol. The highest BCUT2D eigenvalue weighted by molar-refractivity contribution is 6.57. The molecule has 0 amide bonds. The van der Waals surface area contributed by atoms with Crippen molar-refractivity contribution >= 4 is 8.80 Å². The Labute approximate surface area is 90.9 Å². The van der Waals surface area contributed by atoms with Crippen molar-refractivity contribution in [2.24, 2.45) is 5.73 Å². The van der Waals surface area contributed by atoms with Crippen molar-refractivity contribution in [3.8, 4) is 0 Å². The van der Waals surface area contributed by atoms with Gasteiger partial charge in [0.2, 0.25) is 0 Å². The highest BCUT2D eigenvalue weighted by Crippen LogP contribution is 2.13. The Morgan fingerprint density at radius 2 is 2.07 bits per heavy atom. The van der Waals surface area contributed by atoms with E-state index in [1.165, 1.54) is 12.1 Å². The molecule has 0 radical (unpaired) electrons. The summed E-state index contributed by atoms with van der Waals surface area (Å²) in [6, 6.07) is 4.90. The monoisotopic (exact) mass is 229 g/mol. The standard InChI is InChI=1S/C11H17F2NSi/c1-15(8-14)6-2-3-9-4-5-10(12)7-11(9)13/h4-5,7,15H,2-3,6,8,14H2,1H3. The number of halogens is 2. The summed E-state index contributed by atoms with van der Waals surface area (Å²) < 4.78 is 25.8. The van der Waals surface area contributed by atoms with Crippen LogP contribution in [0.25, 0.3) is 0 Å². The van der Waals surface area contributed by atoms with Crippen LogP contribution >= 0.6 is 0 Å². The van der Waals surface area contributed by atoms with Gasteiger partial charge < -0.3 is 5.73 Å². The van der Waals surface area contributed by atoms with Gasteiger partial charge >= 0.3 is 0 Å². The summed E-state index contributed by atoms with van der Waals surface area (Å²) in [4.78, 5) is 0. The van der Waals surface area contributed by atoms with E-state index < -0.39 is 20.4 Å². The predicted molar refractivity (Wildman–Crippen MR) is 61.6 cm³/mol. The van der Waals surface area contributed by atoms with Crippen molar-refractivity contribution in [3.05, 3.63) is 35.4 Å². The molecule has 1 rings (SSSR count). The van der Waals surface area contributed by atoms with Gasteiger partial charge in [0.1, 0.15) is 11.6 Å². The first-order valence-corrected chi connectivity index (χ1v) is 8.06. The zero-order chi connectivity index (χ0) is 11.3. The van der Waals surface area contributed by atoms with Crippen LogP contribution in [0.2, 0.25) is 12.6 Å². The third-order valence-corrected chi connectivity index (χ3v) is 4.76. The summed E-state index contributed by atoms with van der Waals surface area (Å²) in [5.41, 5.74) is 6.15. The highest BCUT2D eigenvalue weighted by atomic mass is 28.3. The van der Waals surface area contributed by atoms with E-state index in [9.17, 15) is 8.78 Å². The lowest BCUT2D eigenvalue weighted by atomic mass is 10.1. The van der Waals surface area contributed by atoms with Crippen LogP contribution in [0.15, 0.2) is 18.2 Å². The lowest BCUT2D eigenvalue weighted by molar-refractivity contribution is 0.570. The van der Waals surface area contributed by atoms with Crippen LogP contribution in [-0.2, 0) is 6.42 Å². The number of benzene rings is 1. The molecule has 0 heterocycles. The Balaban J connectivity index is 2.44. The molecule has 15 heavy (non-hydrogen) atoms. The van der Waals surface area contributed by atoms with Gasteiger partial charge in [-0.15, -0.1) is 0 Å². The average molecular weight is 229 g/mol. The van der Waals surface area contributed by atoms with E-state index in [2.05, 4.69) is 6.55 Å². The van der Waals surface area contributed by atoms with E-state index in [0.29, 0.717) is 12.0 Å². The minimum absolute atomic E-state index is 0.433. The zero-order valence-corrected chi connectivity index (χ0v) is 10.1. The largest absolute Gasteiger partial charge is 0.333 e. The number of hydrogen-bond donors (Lipinski definition) is 1. The quantitative estimate of drug-likeness (QED) is 0.770. The summed E-state index contributed by atoms with van der Waals surface area (Å²) in [7, 11) is -0.767. The molecule has 1 nitrogen and oxygen atoms in total. The van der Waals surface area contributed by atoms with Crippen LogP contribution < -0.4 is 5.73 Å². The van der Waals surface area contributed by atoms with Gasteiger partial charge in [0.05, 0.1) is 0 Å². The van der Waals surface area contributed by atoms with E-state index in [4.69, 9.17) is 5.73 Å². The first kappa shape index (κ1) is 12.3. The Hall–Kier alpha value is -0.743. The summed E-state index contributed by atoms with van der Waals surface area (Å²) >= 11 is 0. The van der Waals surface area contributed by atoms with Crippen molar-refractivity contribution in [1.29, 1.82) is 0 Å². The van der Waals surface area contributed by atoms with Gasteiger partial charge in [0.25, 0.3) is 0 Å². The summed E-state index contributed by atoms with van der Waals surface area (Å²) in [6.45, 7) is 2.21. The van der Waals surface area contributed by atoms with Gasteiger partial charge in [-0.05, 0) is 24.2 Å². The average Bonchev–Trinajstić information content (AvgIpc) is 2.21. The van der Waals surface area contributed by atoms with Crippen molar-refractivity contribution in [2.75, 3.05) is 6.17 Å². The Kier molecular flexibility index (Phi) is 4.91. The molecular formula is C11H17F2NSi. The molecule has 1 atom stereocenters. The third-order valence-electron chi connectivity index (χ3n) is 2.56. The predicted octanol–water partition coefficient (Wildman–Crippen LogP) is 2.25. The summed E-state index contributed by atoms with van der Waals surface area (Å²) in [5.74, 6) is -0.946. The van der Waals surface area contributed by atoms with Crippen LogP contribution in [0.3, 0.4) is 0 Å². The fourth-order valence-corrected chi connectivity index (χ4v) is 2.62. The lowest BCUT2D eigenvalue weighted by Gasteiger charge is -2.06. The number of aryl methyl sites for hydroxylation is 1. The molecule has 4 heteroatoms. The van der Waals surface area contributed by atoms with Gasteiger partial charge in [0.15, 0.2) is 0 Å². The summed E-state index contributed by atoms with van der Waals surface area (Å²) in [5, 5.41) is 0. The molecule has 0 saturated carbocycles. The topological polar surface area (TPSA) is 26.0 Å².